The molecule has 0 spiro atoms. The minimum atomic E-state index is -0.813. The van der Waals surface area contributed by atoms with Crippen molar-refractivity contribution in [3.05, 3.63) is 54.6 Å². The molecule has 0 saturated carbocycles. The number of aliphatic hydroxyl groups is 1. The molecular weight excluding hydrogens is 408 g/mol. The van der Waals surface area contributed by atoms with Crippen molar-refractivity contribution in [2.45, 2.75) is 19.9 Å². The van der Waals surface area contributed by atoms with Gasteiger partial charge in [-0.3, -0.25) is 14.4 Å². The first kappa shape index (κ1) is 22.0. The zero-order valence-corrected chi connectivity index (χ0v) is 18.2. The lowest BCUT2D eigenvalue weighted by atomic mass is 9.70. The van der Waals surface area contributed by atoms with Gasteiger partial charge in [-0.15, -0.1) is 0 Å². The van der Waals surface area contributed by atoms with Crippen LogP contribution in [0.4, 0.5) is 5.69 Å². The van der Waals surface area contributed by atoms with E-state index >= 15 is 0 Å². The van der Waals surface area contributed by atoms with Crippen LogP contribution in [0.25, 0.3) is 10.8 Å². The summed E-state index contributed by atoms with van der Waals surface area (Å²) in [6.07, 6.45) is 3.75. The number of nitrogens with one attached hydrogen (secondary N) is 1. The average Bonchev–Trinajstić information content (AvgIpc) is 3.06. The molecule has 2 aromatic rings. The van der Waals surface area contributed by atoms with E-state index < -0.39 is 29.8 Å². The second-order valence-corrected chi connectivity index (χ2v) is 8.38. The van der Waals surface area contributed by atoms with Gasteiger partial charge in [0.15, 0.2) is 0 Å². The summed E-state index contributed by atoms with van der Waals surface area (Å²) in [5.41, 5.74) is 0.628. The number of ether oxygens (including phenoxy) is 1. The summed E-state index contributed by atoms with van der Waals surface area (Å²) < 4.78 is 5.24. The van der Waals surface area contributed by atoms with E-state index in [1.807, 2.05) is 61.5 Å². The van der Waals surface area contributed by atoms with Crippen molar-refractivity contribution in [1.82, 2.24) is 4.90 Å². The lowest BCUT2D eigenvalue weighted by Crippen LogP contribution is -2.45. The van der Waals surface area contributed by atoms with Gasteiger partial charge in [0.1, 0.15) is 6.04 Å². The second-order valence-electron chi connectivity index (χ2n) is 8.38. The van der Waals surface area contributed by atoms with Gasteiger partial charge in [0.05, 0.1) is 25.0 Å². The fourth-order valence-corrected chi connectivity index (χ4v) is 5.02. The zero-order chi connectivity index (χ0) is 22.8. The molecule has 2 aromatic carbocycles. The van der Waals surface area contributed by atoms with Crippen molar-refractivity contribution in [2.24, 2.45) is 23.7 Å². The fourth-order valence-electron chi connectivity index (χ4n) is 5.02. The Morgan fingerprint density at radius 1 is 1.12 bits per heavy atom. The van der Waals surface area contributed by atoms with E-state index in [1.54, 1.807) is 6.92 Å². The zero-order valence-electron chi connectivity index (χ0n) is 18.2. The van der Waals surface area contributed by atoms with Crippen LogP contribution in [0.3, 0.4) is 0 Å². The largest absolute Gasteiger partial charge is 0.466 e. The van der Waals surface area contributed by atoms with Crippen LogP contribution in [0, 0.1) is 23.7 Å². The Labute approximate surface area is 187 Å². The molecule has 0 bridgehead atoms. The number of carbonyl (C=O) groups is 3. The maximum atomic E-state index is 13.4. The van der Waals surface area contributed by atoms with Gasteiger partial charge < -0.3 is 20.1 Å². The first-order chi connectivity index (χ1) is 15.5. The Morgan fingerprint density at radius 2 is 1.88 bits per heavy atom. The van der Waals surface area contributed by atoms with Gasteiger partial charge in [-0.05, 0) is 35.7 Å². The van der Waals surface area contributed by atoms with Crippen LogP contribution in [0.5, 0.6) is 0 Å². The minimum absolute atomic E-state index is 0.0272. The van der Waals surface area contributed by atoms with Crippen LogP contribution >= 0.6 is 0 Å². The fraction of sp³-hybridized carbons (Fsp3) is 0.400. The molecule has 7 nitrogen and oxygen atoms in total. The number of benzene rings is 2. The quantitative estimate of drug-likeness (QED) is 0.536. The molecule has 5 atom stereocenters. The highest BCUT2D eigenvalue weighted by atomic mass is 16.5. The summed E-state index contributed by atoms with van der Waals surface area (Å²) in [7, 11) is 0. The summed E-state index contributed by atoms with van der Waals surface area (Å²) in [6.45, 7) is 3.59. The normalized spacial score (nSPS) is 26.8. The highest BCUT2D eigenvalue weighted by Crippen LogP contribution is 2.44. The van der Waals surface area contributed by atoms with Crippen molar-refractivity contribution in [3.8, 4) is 0 Å². The number of esters is 1. The molecule has 1 heterocycles. The molecule has 1 aliphatic heterocycles. The van der Waals surface area contributed by atoms with Gasteiger partial charge in [0.25, 0.3) is 0 Å². The smallest absolute Gasteiger partial charge is 0.310 e. The molecule has 0 aromatic heterocycles. The number of nitrogens with zero attached hydrogens (tertiary/aromatic N) is 1. The summed E-state index contributed by atoms with van der Waals surface area (Å²) in [4.78, 5) is 40.8. The summed E-state index contributed by atoms with van der Waals surface area (Å²) in [5, 5.41) is 14.5. The van der Waals surface area contributed by atoms with Gasteiger partial charge in [-0.1, -0.05) is 49.4 Å². The SMILES string of the molecule is CCOC(=O)[C@H]1[C@H]2C(=O)N(CCO)[C@H](C(=O)Nc3ccc4ccccc4c3)[C@H]2C=C[C@H]1C. The number of β-amino-alcohol motifs (C(OH)–C–C–N with tert-alkyl or cyclic N) is 1. The molecule has 0 radical (unpaired) electrons. The highest BCUT2D eigenvalue weighted by molar-refractivity contribution is 6.02. The molecule has 2 amide bonds. The molecule has 4 rings (SSSR count). The van der Waals surface area contributed by atoms with Crippen LogP contribution in [0.15, 0.2) is 54.6 Å². The number of amides is 2. The number of anilines is 1. The Hall–Kier alpha value is -3.19. The van der Waals surface area contributed by atoms with Crippen molar-refractivity contribution >= 4 is 34.2 Å². The van der Waals surface area contributed by atoms with Gasteiger partial charge >= 0.3 is 5.97 Å². The molecule has 1 saturated heterocycles. The number of allylic oxidation sites excluding steroid dienone is 1. The van der Waals surface area contributed by atoms with Crippen LogP contribution in [0.1, 0.15) is 13.8 Å². The molecular formula is C25H28N2O5. The predicted octanol–water partition coefficient (Wildman–Crippen LogP) is 2.60. The molecule has 1 aliphatic carbocycles. The first-order valence-corrected chi connectivity index (χ1v) is 11.0. The van der Waals surface area contributed by atoms with Crippen molar-refractivity contribution < 1.29 is 24.2 Å². The molecule has 168 valence electrons. The topological polar surface area (TPSA) is 95.9 Å². The maximum Gasteiger partial charge on any atom is 0.310 e. The predicted molar refractivity (Wildman–Crippen MR) is 121 cm³/mol. The molecule has 7 heteroatoms. The molecule has 2 aliphatic rings. The van der Waals surface area contributed by atoms with Gasteiger partial charge in [0, 0.05) is 18.2 Å². The molecule has 1 fully saturated rings. The summed E-state index contributed by atoms with van der Waals surface area (Å²) >= 11 is 0. The minimum Gasteiger partial charge on any atom is -0.466 e. The van der Waals surface area contributed by atoms with Crippen molar-refractivity contribution in [2.75, 3.05) is 25.1 Å². The Balaban J connectivity index is 1.64. The van der Waals surface area contributed by atoms with Crippen LogP contribution in [-0.2, 0) is 19.1 Å². The summed E-state index contributed by atoms with van der Waals surface area (Å²) in [6, 6.07) is 12.7. The standard InChI is InChI=1S/C25H28N2O5/c1-3-32-25(31)20-15(2)8-11-19-21(20)24(30)27(12-13-28)22(19)23(29)26-18-10-9-16-6-4-5-7-17(16)14-18/h4-11,14-15,19-22,28H,3,12-13H2,1-2H3,(H,26,29)/t15-,19+,20-,21+,22+/m1/s1. The molecule has 32 heavy (non-hydrogen) atoms. The molecule has 2 N–H and O–H groups in total. The average molecular weight is 437 g/mol. The van der Waals surface area contributed by atoms with Crippen molar-refractivity contribution in [1.29, 1.82) is 0 Å². The van der Waals surface area contributed by atoms with Crippen molar-refractivity contribution in [3.63, 3.8) is 0 Å². The second kappa shape index (κ2) is 9.12. The Bertz CT molecular complexity index is 1070. The Morgan fingerprint density at radius 3 is 2.59 bits per heavy atom. The number of carbonyl (C=O) groups excluding carboxylic acids is 3. The van der Waals surface area contributed by atoms with E-state index in [2.05, 4.69) is 5.32 Å². The van der Waals surface area contributed by atoms with Gasteiger partial charge in [-0.2, -0.15) is 0 Å². The monoisotopic (exact) mass is 436 g/mol. The number of rotatable bonds is 6. The number of aliphatic hydroxyl groups excluding tert-OH is 1. The third-order valence-electron chi connectivity index (χ3n) is 6.46. The van der Waals surface area contributed by atoms with Crippen LogP contribution in [0.2, 0.25) is 0 Å². The first-order valence-electron chi connectivity index (χ1n) is 11.0. The Kier molecular flexibility index (Phi) is 6.28. The lowest BCUT2D eigenvalue weighted by Gasteiger charge is -2.32. The summed E-state index contributed by atoms with van der Waals surface area (Å²) in [5.74, 6) is -3.05. The van der Waals surface area contributed by atoms with E-state index in [-0.39, 0.29) is 37.5 Å². The van der Waals surface area contributed by atoms with Crippen LogP contribution in [-0.4, -0.2) is 53.6 Å². The highest BCUT2D eigenvalue weighted by Gasteiger charge is 2.56. The number of likely N-dealkylation sites (tertiary alicyclic amines) is 1. The third-order valence-corrected chi connectivity index (χ3v) is 6.46. The third kappa shape index (κ3) is 3.88. The van der Waals surface area contributed by atoms with Gasteiger partial charge in [-0.25, -0.2) is 0 Å². The molecule has 0 unspecified atom stereocenters. The number of hydrogen-bond acceptors (Lipinski definition) is 5. The van der Waals surface area contributed by atoms with E-state index in [4.69, 9.17) is 4.74 Å². The maximum absolute atomic E-state index is 13.4. The van der Waals surface area contributed by atoms with E-state index in [1.165, 1.54) is 4.90 Å². The van der Waals surface area contributed by atoms with Crippen LogP contribution < -0.4 is 5.32 Å². The lowest BCUT2D eigenvalue weighted by molar-refractivity contribution is -0.155. The number of hydrogen-bond donors (Lipinski definition) is 2. The number of fused-ring (bicyclic) bond motifs is 2. The van der Waals surface area contributed by atoms with Gasteiger partial charge in [0.2, 0.25) is 11.8 Å². The van der Waals surface area contributed by atoms with E-state index in [0.717, 1.165) is 10.8 Å². The van der Waals surface area contributed by atoms with E-state index in [9.17, 15) is 19.5 Å². The van der Waals surface area contributed by atoms with E-state index in [0.29, 0.717) is 5.69 Å².